The fourth-order valence-corrected chi connectivity index (χ4v) is 1.80. The smallest absolute Gasteiger partial charge is 0.103 e. The Hall–Kier alpha value is -0.790. The number of aryl methyl sites for hydroxylation is 2. The molecule has 0 saturated carbocycles. The fourth-order valence-electron chi connectivity index (χ4n) is 1.80. The van der Waals surface area contributed by atoms with Gasteiger partial charge < -0.3 is 4.98 Å². The quantitative estimate of drug-likeness (QED) is 0.600. The average Bonchev–Trinajstić information content (AvgIpc) is 2.27. The van der Waals surface area contributed by atoms with Crippen LogP contribution in [-0.2, 0) is 12.8 Å². The normalized spacial score (nSPS) is 23.3. The summed E-state index contributed by atoms with van der Waals surface area (Å²) in [4.78, 5) is 7.75. The molecule has 0 radical (unpaired) electrons. The summed E-state index contributed by atoms with van der Waals surface area (Å²) in [6, 6.07) is 0. The first-order valence-corrected chi connectivity index (χ1v) is 4.30. The van der Waals surface area contributed by atoms with Gasteiger partial charge in [0.1, 0.15) is 5.82 Å². The average molecular weight is 150 g/mol. The highest BCUT2D eigenvalue weighted by Gasteiger charge is 2.17. The molecule has 1 atom stereocenters. The Morgan fingerprint density at radius 3 is 3.18 bits per heavy atom. The molecule has 2 heteroatoms. The molecule has 2 rings (SSSR count). The van der Waals surface area contributed by atoms with Crippen LogP contribution >= 0.6 is 0 Å². The molecule has 0 saturated heterocycles. The van der Waals surface area contributed by atoms with E-state index in [0.717, 1.165) is 11.7 Å². The van der Waals surface area contributed by atoms with Crippen LogP contribution in [0.25, 0.3) is 0 Å². The Morgan fingerprint density at radius 1 is 1.55 bits per heavy atom. The number of rotatable bonds is 0. The summed E-state index contributed by atoms with van der Waals surface area (Å²) in [7, 11) is 0. The van der Waals surface area contributed by atoms with Crippen molar-refractivity contribution in [3.05, 3.63) is 17.2 Å². The molecule has 1 N–H and O–H groups in total. The molecule has 60 valence electrons. The van der Waals surface area contributed by atoms with Crippen molar-refractivity contribution in [3.63, 3.8) is 0 Å². The molecule has 0 spiro atoms. The minimum absolute atomic E-state index is 0.836. The van der Waals surface area contributed by atoms with Gasteiger partial charge in [0, 0.05) is 5.69 Å². The van der Waals surface area contributed by atoms with E-state index in [0.29, 0.717) is 0 Å². The van der Waals surface area contributed by atoms with Crippen LogP contribution in [0.1, 0.15) is 30.6 Å². The van der Waals surface area contributed by atoms with Gasteiger partial charge in [0.15, 0.2) is 0 Å². The number of aromatic amines is 1. The summed E-state index contributed by atoms with van der Waals surface area (Å²) < 4.78 is 0. The maximum atomic E-state index is 4.43. The predicted octanol–water partition coefficient (Wildman–Crippen LogP) is 1.84. The summed E-state index contributed by atoms with van der Waals surface area (Å²) in [6.07, 6.45) is 3.66. The van der Waals surface area contributed by atoms with E-state index < -0.39 is 0 Å². The molecule has 2 nitrogen and oxygen atoms in total. The van der Waals surface area contributed by atoms with Gasteiger partial charge in [-0.2, -0.15) is 0 Å². The van der Waals surface area contributed by atoms with Gasteiger partial charge in [-0.15, -0.1) is 0 Å². The zero-order valence-corrected chi connectivity index (χ0v) is 7.15. The molecule has 0 amide bonds. The maximum absolute atomic E-state index is 4.43. The number of fused-ring (bicyclic) bond motifs is 1. The van der Waals surface area contributed by atoms with Crippen molar-refractivity contribution >= 4 is 0 Å². The number of nitrogens with one attached hydrogen (secondary N) is 1. The van der Waals surface area contributed by atoms with Crippen LogP contribution < -0.4 is 0 Å². The van der Waals surface area contributed by atoms with Gasteiger partial charge >= 0.3 is 0 Å². The Morgan fingerprint density at radius 2 is 2.36 bits per heavy atom. The standard InChI is InChI=1S/C9H14N2/c1-6-3-4-8-9(5-6)11-7(2)10-8/h6H,3-5H2,1-2H3,(H,10,11). The maximum Gasteiger partial charge on any atom is 0.103 e. The second kappa shape index (κ2) is 2.36. The van der Waals surface area contributed by atoms with Crippen LogP contribution in [-0.4, -0.2) is 9.97 Å². The molecule has 1 aromatic heterocycles. The first-order chi connectivity index (χ1) is 5.25. The van der Waals surface area contributed by atoms with Crippen molar-refractivity contribution in [2.45, 2.75) is 33.1 Å². The zero-order valence-electron chi connectivity index (χ0n) is 7.15. The number of hydrogen-bond acceptors (Lipinski definition) is 1. The van der Waals surface area contributed by atoms with Crippen molar-refractivity contribution in [1.29, 1.82) is 0 Å². The highest BCUT2D eigenvalue weighted by atomic mass is 14.9. The Kier molecular flexibility index (Phi) is 1.48. The predicted molar refractivity (Wildman–Crippen MR) is 44.5 cm³/mol. The van der Waals surface area contributed by atoms with Crippen LogP contribution in [0.4, 0.5) is 0 Å². The third kappa shape index (κ3) is 1.17. The van der Waals surface area contributed by atoms with Crippen molar-refractivity contribution in [3.8, 4) is 0 Å². The molecule has 1 aliphatic rings. The minimum atomic E-state index is 0.836. The number of hydrogen-bond donors (Lipinski definition) is 1. The van der Waals surface area contributed by atoms with Crippen LogP contribution in [0, 0.1) is 12.8 Å². The molecule has 1 heterocycles. The summed E-state index contributed by atoms with van der Waals surface area (Å²) >= 11 is 0. The summed E-state index contributed by atoms with van der Waals surface area (Å²) in [5, 5.41) is 0. The van der Waals surface area contributed by atoms with E-state index >= 15 is 0 Å². The largest absolute Gasteiger partial charge is 0.346 e. The molecular weight excluding hydrogens is 136 g/mol. The minimum Gasteiger partial charge on any atom is -0.346 e. The number of aromatic nitrogens is 2. The van der Waals surface area contributed by atoms with Gasteiger partial charge in [0.2, 0.25) is 0 Å². The molecule has 1 aliphatic carbocycles. The molecule has 1 aromatic rings. The van der Waals surface area contributed by atoms with Gasteiger partial charge in [-0.1, -0.05) is 6.92 Å². The van der Waals surface area contributed by atoms with E-state index in [1.165, 1.54) is 30.7 Å². The van der Waals surface area contributed by atoms with Crippen LogP contribution in [0.3, 0.4) is 0 Å². The molecule has 0 aromatic carbocycles. The highest BCUT2D eigenvalue weighted by molar-refractivity contribution is 5.17. The van der Waals surface area contributed by atoms with Gasteiger partial charge in [-0.05, 0) is 32.1 Å². The van der Waals surface area contributed by atoms with E-state index in [9.17, 15) is 0 Å². The summed E-state index contributed by atoms with van der Waals surface area (Å²) in [5.74, 6) is 1.91. The van der Waals surface area contributed by atoms with Crippen molar-refractivity contribution in [2.24, 2.45) is 5.92 Å². The molecule has 0 bridgehead atoms. The first-order valence-electron chi connectivity index (χ1n) is 4.30. The lowest BCUT2D eigenvalue weighted by molar-refractivity contribution is 0.492. The van der Waals surface area contributed by atoms with Crippen molar-refractivity contribution in [1.82, 2.24) is 9.97 Å². The van der Waals surface area contributed by atoms with Gasteiger partial charge in [0.25, 0.3) is 0 Å². The molecule has 0 aliphatic heterocycles. The van der Waals surface area contributed by atoms with Crippen molar-refractivity contribution in [2.75, 3.05) is 0 Å². The molecule has 11 heavy (non-hydrogen) atoms. The van der Waals surface area contributed by atoms with E-state index in [-0.39, 0.29) is 0 Å². The fraction of sp³-hybridized carbons (Fsp3) is 0.667. The Balaban J connectivity index is 2.34. The number of H-pyrrole nitrogens is 1. The summed E-state index contributed by atoms with van der Waals surface area (Å²) in [5.41, 5.74) is 2.68. The van der Waals surface area contributed by atoms with E-state index in [1.54, 1.807) is 0 Å². The van der Waals surface area contributed by atoms with Crippen molar-refractivity contribution < 1.29 is 0 Å². The third-order valence-electron chi connectivity index (χ3n) is 2.41. The highest BCUT2D eigenvalue weighted by Crippen LogP contribution is 2.22. The van der Waals surface area contributed by atoms with E-state index in [2.05, 4.69) is 16.9 Å². The van der Waals surface area contributed by atoms with Gasteiger partial charge in [-0.25, -0.2) is 4.98 Å². The first kappa shape index (κ1) is 6.89. The zero-order chi connectivity index (χ0) is 7.84. The number of imidazole rings is 1. The topological polar surface area (TPSA) is 28.7 Å². The van der Waals surface area contributed by atoms with Crippen LogP contribution in [0.5, 0.6) is 0 Å². The van der Waals surface area contributed by atoms with Crippen LogP contribution in [0.2, 0.25) is 0 Å². The molecule has 0 fully saturated rings. The summed E-state index contributed by atoms with van der Waals surface area (Å²) in [6.45, 7) is 4.34. The Labute approximate surface area is 67.0 Å². The second-order valence-electron chi connectivity index (χ2n) is 3.60. The second-order valence-corrected chi connectivity index (χ2v) is 3.60. The lowest BCUT2D eigenvalue weighted by Crippen LogP contribution is -2.10. The van der Waals surface area contributed by atoms with Crippen LogP contribution in [0.15, 0.2) is 0 Å². The monoisotopic (exact) mass is 150 g/mol. The Bertz CT molecular complexity index is 263. The SMILES string of the molecule is Cc1nc2c([nH]1)CC(C)CC2. The number of nitrogens with zero attached hydrogens (tertiary/aromatic N) is 1. The third-order valence-corrected chi connectivity index (χ3v) is 2.41. The molecule has 1 unspecified atom stereocenters. The van der Waals surface area contributed by atoms with E-state index in [1.807, 2.05) is 6.92 Å². The lowest BCUT2D eigenvalue weighted by atomic mass is 9.92. The van der Waals surface area contributed by atoms with Gasteiger partial charge in [0.05, 0.1) is 5.69 Å². The van der Waals surface area contributed by atoms with Gasteiger partial charge in [-0.3, -0.25) is 0 Å². The van der Waals surface area contributed by atoms with E-state index in [4.69, 9.17) is 0 Å². The lowest BCUT2D eigenvalue weighted by Gasteiger charge is -2.15. The molecular formula is C9H14N2.